The number of thioether (sulfide) groups is 1. The van der Waals surface area contributed by atoms with Crippen molar-refractivity contribution in [2.75, 3.05) is 5.75 Å². The van der Waals surface area contributed by atoms with Gasteiger partial charge < -0.3 is 14.9 Å². The number of hydrogen-bond donors (Lipinski definition) is 1. The SMILES string of the molecule is O=C1N(Cc2ccccc2)C2CSC(O)C2N1Cc1ccccc1. The first-order valence-electron chi connectivity index (χ1n) is 8.19. The van der Waals surface area contributed by atoms with Crippen molar-refractivity contribution in [3.8, 4) is 0 Å². The normalized spacial score (nSPS) is 26.0. The van der Waals surface area contributed by atoms with Gasteiger partial charge in [0, 0.05) is 18.8 Å². The number of fused-ring (bicyclic) bond motifs is 1. The molecule has 4 rings (SSSR count). The molecule has 2 aromatic rings. The molecule has 3 atom stereocenters. The van der Waals surface area contributed by atoms with E-state index >= 15 is 0 Å². The number of rotatable bonds is 4. The van der Waals surface area contributed by atoms with E-state index in [0.29, 0.717) is 13.1 Å². The van der Waals surface area contributed by atoms with E-state index in [2.05, 4.69) is 0 Å². The number of aliphatic hydroxyl groups is 1. The van der Waals surface area contributed by atoms with Crippen LogP contribution < -0.4 is 0 Å². The minimum Gasteiger partial charge on any atom is -0.380 e. The first kappa shape index (κ1) is 15.5. The molecule has 124 valence electrons. The number of hydrogen-bond acceptors (Lipinski definition) is 3. The highest BCUT2D eigenvalue weighted by Gasteiger charge is 2.52. The highest BCUT2D eigenvalue weighted by Crippen LogP contribution is 2.39. The van der Waals surface area contributed by atoms with Crippen LogP contribution in [0.4, 0.5) is 4.79 Å². The Kier molecular flexibility index (Phi) is 4.21. The summed E-state index contributed by atoms with van der Waals surface area (Å²) in [6.45, 7) is 1.14. The molecule has 1 N–H and O–H groups in total. The molecular weight excluding hydrogens is 320 g/mol. The molecule has 0 aromatic heterocycles. The van der Waals surface area contributed by atoms with Crippen molar-refractivity contribution in [3.05, 3.63) is 71.8 Å². The van der Waals surface area contributed by atoms with Gasteiger partial charge in [-0.05, 0) is 11.1 Å². The van der Waals surface area contributed by atoms with Crippen molar-refractivity contribution < 1.29 is 9.90 Å². The number of amides is 2. The summed E-state index contributed by atoms with van der Waals surface area (Å²) in [6.07, 6.45) is 0. The molecule has 3 unspecified atom stereocenters. The number of nitrogens with zero attached hydrogens (tertiary/aromatic N) is 2. The summed E-state index contributed by atoms with van der Waals surface area (Å²) < 4.78 is 0. The van der Waals surface area contributed by atoms with E-state index in [4.69, 9.17) is 0 Å². The van der Waals surface area contributed by atoms with Crippen LogP contribution in [0, 0.1) is 0 Å². The Bertz CT molecular complexity index is 710. The molecule has 2 fully saturated rings. The molecular formula is C19H20N2O2S. The van der Waals surface area contributed by atoms with Gasteiger partial charge in [0.05, 0.1) is 12.1 Å². The summed E-state index contributed by atoms with van der Waals surface area (Å²) in [5, 5.41) is 10.4. The second kappa shape index (κ2) is 6.49. The number of benzene rings is 2. The summed E-state index contributed by atoms with van der Waals surface area (Å²) in [6, 6.07) is 20.0. The fourth-order valence-electron chi connectivity index (χ4n) is 3.57. The summed E-state index contributed by atoms with van der Waals surface area (Å²) in [7, 11) is 0. The first-order chi connectivity index (χ1) is 11.7. The lowest BCUT2D eigenvalue weighted by Gasteiger charge is -2.24. The van der Waals surface area contributed by atoms with Gasteiger partial charge in [-0.15, -0.1) is 11.8 Å². The van der Waals surface area contributed by atoms with E-state index in [9.17, 15) is 9.90 Å². The van der Waals surface area contributed by atoms with E-state index in [1.807, 2.05) is 70.5 Å². The third kappa shape index (κ3) is 2.78. The van der Waals surface area contributed by atoms with Crippen LogP contribution in [0.15, 0.2) is 60.7 Å². The number of urea groups is 1. The number of carbonyl (C=O) groups is 1. The molecule has 0 aliphatic carbocycles. The van der Waals surface area contributed by atoms with Crippen molar-refractivity contribution in [3.63, 3.8) is 0 Å². The summed E-state index contributed by atoms with van der Waals surface area (Å²) >= 11 is 1.54. The van der Waals surface area contributed by atoms with Crippen LogP contribution in [0.3, 0.4) is 0 Å². The van der Waals surface area contributed by atoms with Crippen LogP contribution in [0.5, 0.6) is 0 Å². The fourth-order valence-corrected chi connectivity index (χ4v) is 4.87. The van der Waals surface area contributed by atoms with Gasteiger partial charge >= 0.3 is 6.03 Å². The lowest BCUT2D eigenvalue weighted by atomic mass is 10.1. The highest BCUT2D eigenvalue weighted by atomic mass is 32.2. The standard InChI is InChI=1S/C19H20N2O2S/c22-18-17-16(13-24-18)20(11-14-7-3-1-4-8-14)19(23)21(17)12-15-9-5-2-6-10-15/h1-10,16-18,22H,11-13H2. The predicted molar refractivity (Wildman–Crippen MR) is 95.4 cm³/mol. The number of aliphatic hydroxyl groups excluding tert-OH is 1. The maximum absolute atomic E-state index is 13.0. The molecule has 5 heteroatoms. The quantitative estimate of drug-likeness (QED) is 0.871. The van der Waals surface area contributed by atoms with Crippen molar-refractivity contribution in [1.29, 1.82) is 0 Å². The Labute approximate surface area is 146 Å². The Balaban J connectivity index is 1.59. The zero-order valence-electron chi connectivity index (χ0n) is 13.3. The maximum Gasteiger partial charge on any atom is 0.321 e. The largest absolute Gasteiger partial charge is 0.380 e. The van der Waals surface area contributed by atoms with E-state index in [1.54, 1.807) is 0 Å². The molecule has 2 aliphatic heterocycles. The Morgan fingerprint density at radius 1 is 0.917 bits per heavy atom. The maximum atomic E-state index is 13.0. The van der Waals surface area contributed by atoms with E-state index in [1.165, 1.54) is 11.8 Å². The van der Waals surface area contributed by atoms with Gasteiger partial charge in [0.15, 0.2) is 0 Å². The van der Waals surface area contributed by atoms with Gasteiger partial charge in [-0.2, -0.15) is 0 Å². The van der Waals surface area contributed by atoms with E-state index in [0.717, 1.165) is 16.9 Å². The summed E-state index contributed by atoms with van der Waals surface area (Å²) in [4.78, 5) is 16.8. The molecule has 0 spiro atoms. The molecule has 0 radical (unpaired) electrons. The molecule has 2 heterocycles. The van der Waals surface area contributed by atoms with Crippen LogP contribution in [-0.4, -0.2) is 44.2 Å². The van der Waals surface area contributed by atoms with Crippen molar-refractivity contribution in [2.45, 2.75) is 30.6 Å². The molecule has 2 aliphatic rings. The zero-order chi connectivity index (χ0) is 16.5. The van der Waals surface area contributed by atoms with Gasteiger partial charge in [0.25, 0.3) is 0 Å². The Hall–Kier alpha value is -1.98. The highest BCUT2D eigenvalue weighted by molar-refractivity contribution is 8.00. The van der Waals surface area contributed by atoms with Crippen LogP contribution in [-0.2, 0) is 13.1 Å². The Morgan fingerprint density at radius 3 is 2.04 bits per heavy atom. The molecule has 4 nitrogen and oxygen atoms in total. The Morgan fingerprint density at radius 2 is 1.46 bits per heavy atom. The van der Waals surface area contributed by atoms with Crippen LogP contribution in [0.25, 0.3) is 0 Å². The molecule has 0 saturated carbocycles. The van der Waals surface area contributed by atoms with Crippen LogP contribution in [0.2, 0.25) is 0 Å². The van der Waals surface area contributed by atoms with E-state index in [-0.39, 0.29) is 18.1 Å². The van der Waals surface area contributed by atoms with Gasteiger partial charge in [-0.3, -0.25) is 0 Å². The second-order valence-electron chi connectivity index (χ2n) is 6.29. The predicted octanol–water partition coefficient (Wildman–Crippen LogP) is 2.93. The lowest BCUT2D eigenvalue weighted by molar-refractivity contribution is 0.139. The van der Waals surface area contributed by atoms with Gasteiger partial charge in [0.1, 0.15) is 5.44 Å². The fraction of sp³-hybridized carbons (Fsp3) is 0.316. The van der Waals surface area contributed by atoms with Gasteiger partial charge in [-0.1, -0.05) is 60.7 Å². The first-order valence-corrected chi connectivity index (χ1v) is 9.23. The molecule has 2 saturated heterocycles. The van der Waals surface area contributed by atoms with E-state index < -0.39 is 5.44 Å². The smallest absolute Gasteiger partial charge is 0.321 e. The average Bonchev–Trinajstić information content (AvgIpc) is 3.11. The third-order valence-electron chi connectivity index (χ3n) is 4.77. The van der Waals surface area contributed by atoms with Gasteiger partial charge in [-0.25, -0.2) is 4.79 Å². The lowest BCUT2D eigenvalue weighted by Crippen LogP contribution is -2.40. The topological polar surface area (TPSA) is 43.8 Å². The molecule has 2 amide bonds. The summed E-state index contributed by atoms with van der Waals surface area (Å²) in [5.74, 6) is 0.787. The second-order valence-corrected chi connectivity index (χ2v) is 7.44. The van der Waals surface area contributed by atoms with Crippen LogP contribution in [0.1, 0.15) is 11.1 Å². The van der Waals surface area contributed by atoms with Gasteiger partial charge in [0.2, 0.25) is 0 Å². The molecule has 24 heavy (non-hydrogen) atoms. The zero-order valence-corrected chi connectivity index (χ0v) is 14.1. The van der Waals surface area contributed by atoms with Crippen molar-refractivity contribution in [2.24, 2.45) is 0 Å². The molecule has 0 bridgehead atoms. The monoisotopic (exact) mass is 340 g/mol. The average molecular weight is 340 g/mol. The minimum atomic E-state index is -0.511. The minimum absolute atomic E-state index is 0.0251. The number of carbonyl (C=O) groups excluding carboxylic acids is 1. The van der Waals surface area contributed by atoms with Crippen molar-refractivity contribution >= 4 is 17.8 Å². The summed E-state index contributed by atoms with van der Waals surface area (Å²) in [5.41, 5.74) is 1.70. The van der Waals surface area contributed by atoms with Crippen molar-refractivity contribution in [1.82, 2.24) is 9.80 Å². The van der Waals surface area contributed by atoms with Crippen LogP contribution >= 0.6 is 11.8 Å². The molecule has 2 aromatic carbocycles. The third-order valence-corrected chi connectivity index (χ3v) is 5.92.